The standard InChI is InChI=1S/C18H28O5/c1-4-5-6-8-16(18(19)20)15-10-9-14(13-17(15)22-3)23-12-7-11-21-2/h9-10,13,16H,4-8,11-12H2,1-3H3,(H,19,20). The minimum absolute atomic E-state index is 0.543. The first kappa shape index (κ1) is 19.3. The summed E-state index contributed by atoms with van der Waals surface area (Å²) in [6.07, 6.45) is 4.42. The molecule has 0 saturated heterocycles. The van der Waals surface area contributed by atoms with Crippen molar-refractivity contribution in [3.05, 3.63) is 23.8 Å². The molecule has 5 nitrogen and oxygen atoms in total. The lowest BCUT2D eigenvalue weighted by atomic mass is 9.92. The Morgan fingerprint density at radius 1 is 1.17 bits per heavy atom. The fourth-order valence-corrected chi connectivity index (χ4v) is 2.47. The van der Waals surface area contributed by atoms with Crippen LogP contribution in [-0.4, -0.2) is 38.5 Å². The predicted octanol–water partition coefficient (Wildman–Crippen LogP) is 3.86. The summed E-state index contributed by atoms with van der Waals surface area (Å²) in [7, 11) is 3.21. The Kier molecular flexibility index (Phi) is 9.14. The summed E-state index contributed by atoms with van der Waals surface area (Å²) < 4.78 is 16.0. The molecule has 1 aromatic carbocycles. The average molecular weight is 324 g/mol. The van der Waals surface area contributed by atoms with Gasteiger partial charge in [-0.1, -0.05) is 32.3 Å². The highest BCUT2D eigenvalue weighted by atomic mass is 16.5. The quantitative estimate of drug-likeness (QED) is 0.591. The van der Waals surface area contributed by atoms with Crippen molar-refractivity contribution in [2.45, 2.75) is 44.9 Å². The second kappa shape index (κ2) is 10.9. The van der Waals surface area contributed by atoms with E-state index in [1.54, 1.807) is 32.4 Å². The van der Waals surface area contributed by atoms with Crippen LogP contribution in [0.1, 0.15) is 50.5 Å². The summed E-state index contributed by atoms with van der Waals surface area (Å²) in [6.45, 7) is 3.30. The number of ether oxygens (including phenoxy) is 3. The number of carboxylic acids is 1. The lowest BCUT2D eigenvalue weighted by molar-refractivity contribution is -0.139. The Morgan fingerprint density at radius 2 is 1.96 bits per heavy atom. The van der Waals surface area contributed by atoms with Crippen LogP contribution >= 0.6 is 0 Å². The van der Waals surface area contributed by atoms with Crippen LogP contribution < -0.4 is 9.47 Å². The highest BCUT2D eigenvalue weighted by Crippen LogP contribution is 2.33. The van der Waals surface area contributed by atoms with Crippen LogP contribution in [-0.2, 0) is 9.53 Å². The Labute approximate surface area is 138 Å². The molecule has 0 bridgehead atoms. The van der Waals surface area contributed by atoms with Gasteiger partial charge < -0.3 is 19.3 Å². The fraction of sp³-hybridized carbons (Fsp3) is 0.611. The van der Waals surface area contributed by atoms with Crippen LogP contribution in [0.4, 0.5) is 0 Å². The zero-order valence-corrected chi connectivity index (χ0v) is 14.3. The average Bonchev–Trinajstić information content (AvgIpc) is 2.55. The van der Waals surface area contributed by atoms with Crippen LogP contribution in [0, 0.1) is 0 Å². The van der Waals surface area contributed by atoms with E-state index in [1.165, 1.54) is 0 Å². The summed E-state index contributed by atoms with van der Waals surface area (Å²) in [5.41, 5.74) is 0.709. The van der Waals surface area contributed by atoms with Gasteiger partial charge in [0.15, 0.2) is 0 Å². The number of hydrogen-bond donors (Lipinski definition) is 1. The summed E-state index contributed by atoms with van der Waals surface area (Å²) >= 11 is 0. The molecule has 0 radical (unpaired) electrons. The van der Waals surface area contributed by atoms with E-state index < -0.39 is 11.9 Å². The van der Waals surface area contributed by atoms with Crippen molar-refractivity contribution < 1.29 is 24.1 Å². The molecule has 0 aliphatic heterocycles. The number of rotatable bonds is 12. The van der Waals surface area contributed by atoms with Crippen molar-refractivity contribution >= 4 is 5.97 Å². The molecule has 0 spiro atoms. The number of methoxy groups -OCH3 is 2. The second-order valence-electron chi connectivity index (χ2n) is 5.49. The highest BCUT2D eigenvalue weighted by Gasteiger charge is 2.23. The van der Waals surface area contributed by atoms with E-state index in [-0.39, 0.29) is 0 Å². The maximum atomic E-state index is 11.6. The number of carboxylic acid groups (broad SMARTS) is 1. The minimum Gasteiger partial charge on any atom is -0.496 e. The van der Waals surface area contributed by atoms with Crippen molar-refractivity contribution in [3.63, 3.8) is 0 Å². The summed E-state index contributed by atoms with van der Waals surface area (Å²) in [4.78, 5) is 11.6. The monoisotopic (exact) mass is 324 g/mol. The van der Waals surface area contributed by atoms with Crippen LogP contribution in [0.3, 0.4) is 0 Å². The molecule has 23 heavy (non-hydrogen) atoms. The highest BCUT2D eigenvalue weighted by molar-refractivity contribution is 5.77. The van der Waals surface area contributed by atoms with Crippen molar-refractivity contribution in [3.8, 4) is 11.5 Å². The van der Waals surface area contributed by atoms with Crippen LogP contribution in [0.15, 0.2) is 18.2 Å². The van der Waals surface area contributed by atoms with Crippen molar-refractivity contribution in [2.24, 2.45) is 0 Å². The van der Waals surface area contributed by atoms with Gasteiger partial charge in [-0.25, -0.2) is 0 Å². The van der Waals surface area contributed by atoms with E-state index in [9.17, 15) is 9.90 Å². The van der Waals surface area contributed by atoms with Crippen molar-refractivity contribution in [2.75, 3.05) is 27.4 Å². The number of aliphatic carboxylic acids is 1. The molecule has 0 amide bonds. The first-order chi connectivity index (χ1) is 11.1. The van der Waals surface area contributed by atoms with Crippen molar-refractivity contribution in [1.29, 1.82) is 0 Å². The molecular weight excluding hydrogens is 296 g/mol. The molecule has 0 aliphatic carbocycles. The van der Waals surface area contributed by atoms with E-state index in [2.05, 4.69) is 6.92 Å². The Balaban J connectivity index is 2.81. The van der Waals surface area contributed by atoms with E-state index in [1.807, 2.05) is 0 Å². The lowest BCUT2D eigenvalue weighted by Gasteiger charge is -2.17. The summed E-state index contributed by atoms with van der Waals surface area (Å²) in [5, 5.41) is 9.52. The second-order valence-corrected chi connectivity index (χ2v) is 5.49. The van der Waals surface area contributed by atoms with Gasteiger partial charge in [0, 0.05) is 31.8 Å². The zero-order chi connectivity index (χ0) is 17.1. The molecule has 5 heteroatoms. The molecule has 1 rings (SSSR count). The smallest absolute Gasteiger partial charge is 0.311 e. The van der Waals surface area contributed by atoms with Gasteiger partial charge >= 0.3 is 5.97 Å². The van der Waals surface area contributed by atoms with E-state index in [4.69, 9.17) is 14.2 Å². The largest absolute Gasteiger partial charge is 0.496 e. The SMILES string of the molecule is CCCCCC(C(=O)O)c1ccc(OCCCOC)cc1OC. The van der Waals surface area contributed by atoms with E-state index in [0.29, 0.717) is 36.7 Å². The third-order valence-corrected chi connectivity index (χ3v) is 3.74. The first-order valence-electron chi connectivity index (χ1n) is 8.16. The van der Waals surface area contributed by atoms with Gasteiger partial charge in [0.2, 0.25) is 0 Å². The molecule has 0 heterocycles. The molecule has 1 aromatic rings. The zero-order valence-electron chi connectivity index (χ0n) is 14.3. The predicted molar refractivity (Wildman–Crippen MR) is 89.5 cm³/mol. The molecule has 0 fully saturated rings. The Hall–Kier alpha value is -1.75. The van der Waals surface area contributed by atoms with Gasteiger partial charge in [-0.3, -0.25) is 4.79 Å². The lowest BCUT2D eigenvalue weighted by Crippen LogP contribution is -2.13. The van der Waals surface area contributed by atoms with E-state index in [0.717, 1.165) is 25.7 Å². The van der Waals surface area contributed by atoms with Gasteiger partial charge in [0.1, 0.15) is 11.5 Å². The van der Waals surface area contributed by atoms with Gasteiger partial charge in [0.05, 0.1) is 19.6 Å². The normalized spacial score (nSPS) is 12.0. The number of unbranched alkanes of at least 4 members (excludes halogenated alkanes) is 2. The van der Waals surface area contributed by atoms with Gasteiger partial charge in [0.25, 0.3) is 0 Å². The van der Waals surface area contributed by atoms with Crippen molar-refractivity contribution in [1.82, 2.24) is 0 Å². The van der Waals surface area contributed by atoms with Crippen LogP contribution in [0.25, 0.3) is 0 Å². The van der Waals surface area contributed by atoms with Gasteiger partial charge in [-0.05, 0) is 12.5 Å². The maximum Gasteiger partial charge on any atom is 0.311 e. The molecule has 1 N–H and O–H groups in total. The number of hydrogen-bond acceptors (Lipinski definition) is 4. The van der Waals surface area contributed by atoms with Crippen LogP contribution in [0.2, 0.25) is 0 Å². The first-order valence-corrected chi connectivity index (χ1v) is 8.16. The summed E-state index contributed by atoms with van der Waals surface area (Å²) in [5.74, 6) is -0.107. The van der Waals surface area contributed by atoms with Crippen LogP contribution in [0.5, 0.6) is 11.5 Å². The fourth-order valence-electron chi connectivity index (χ4n) is 2.47. The molecule has 0 aromatic heterocycles. The van der Waals surface area contributed by atoms with Gasteiger partial charge in [-0.2, -0.15) is 0 Å². The molecule has 0 saturated carbocycles. The minimum atomic E-state index is -0.812. The molecule has 1 unspecified atom stereocenters. The molecule has 0 aliphatic rings. The molecular formula is C18H28O5. The third kappa shape index (κ3) is 6.48. The summed E-state index contributed by atoms with van der Waals surface area (Å²) in [6, 6.07) is 5.37. The topological polar surface area (TPSA) is 65.0 Å². The Morgan fingerprint density at radius 3 is 2.57 bits per heavy atom. The number of benzene rings is 1. The van der Waals surface area contributed by atoms with Gasteiger partial charge in [-0.15, -0.1) is 0 Å². The third-order valence-electron chi connectivity index (χ3n) is 3.74. The van der Waals surface area contributed by atoms with E-state index >= 15 is 0 Å². The maximum absolute atomic E-state index is 11.6. The number of carbonyl (C=O) groups is 1. The molecule has 1 atom stereocenters. The Bertz CT molecular complexity index is 472. The molecule has 130 valence electrons.